The molecule has 13 nitrogen and oxygen atoms in total. The lowest BCUT2D eigenvalue weighted by atomic mass is 10.1. The van der Waals surface area contributed by atoms with Crippen LogP contribution in [0.4, 0.5) is 24.8 Å². The van der Waals surface area contributed by atoms with Gasteiger partial charge in [-0.15, -0.1) is 0 Å². The summed E-state index contributed by atoms with van der Waals surface area (Å²) in [7, 11) is 0. The number of benzene rings is 1. The average Bonchev–Trinajstić information content (AvgIpc) is 2.97. The number of nitrogens with zero attached hydrogens (tertiary/aromatic N) is 4. The molecule has 2 aromatic heterocycles. The lowest BCUT2D eigenvalue weighted by molar-refractivity contribution is -0.170. The molecule has 0 aliphatic rings. The van der Waals surface area contributed by atoms with Crippen molar-refractivity contribution >= 4 is 46.5 Å². The van der Waals surface area contributed by atoms with Gasteiger partial charge in [0.2, 0.25) is 11.9 Å². The number of H-pyrrole nitrogens is 1. The van der Waals surface area contributed by atoms with Crippen LogP contribution in [0.15, 0.2) is 35.3 Å². The molecule has 1 atom stereocenters. The first-order valence-corrected chi connectivity index (χ1v) is 14.1. The molecule has 0 saturated carbocycles. The maximum atomic E-state index is 13.6. The van der Waals surface area contributed by atoms with E-state index in [-0.39, 0.29) is 52.4 Å². The molecule has 3 N–H and O–H groups in total. The molecular weight excluding hydrogens is 599 g/mol. The number of rotatable bonds is 12. The maximum absolute atomic E-state index is 13.6. The van der Waals surface area contributed by atoms with Crippen molar-refractivity contribution in [3.05, 3.63) is 52.1 Å². The SMILES string of the molecule is CC(C)COC(=O)CC[C@@H](C)NC(=O)c1ccc(N(Cc2cnc3nc(NC(=O)C(C)C)[nH]c(=O)c3n2)C(=O)C(F)(F)F)cc1. The number of carbonyl (C=O) groups is 4. The number of esters is 1. The van der Waals surface area contributed by atoms with Crippen LogP contribution in [0.1, 0.15) is 63.5 Å². The highest BCUT2D eigenvalue weighted by Crippen LogP contribution is 2.26. The Morgan fingerprint density at radius 2 is 1.69 bits per heavy atom. The van der Waals surface area contributed by atoms with Crippen LogP contribution < -0.4 is 21.1 Å². The third kappa shape index (κ3) is 9.81. The molecule has 0 aliphatic carbocycles. The average molecular weight is 634 g/mol. The van der Waals surface area contributed by atoms with Crippen LogP contribution in [0.3, 0.4) is 0 Å². The van der Waals surface area contributed by atoms with Crippen molar-refractivity contribution in [1.29, 1.82) is 0 Å². The zero-order valence-electron chi connectivity index (χ0n) is 25.3. The Balaban J connectivity index is 1.77. The van der Waals surface area contributed by atoms with E-state index in [1.807, 2.05) is 13.8 Å². The third-order valence-corrected chi connectivity index (χ3v) is 6.22. The summed E-state index contributed by atoms with van der Waals surface area (Å²) in [4.78, 5) is 76.2. The highest BCUT2D eigenvalue weighted by Gasteiger charge is 2.43. The van der Waals surface area contributed by atoms with E-state index in [0.29, 0.717) is 17.9 Å². The number of anilines is 2. The van der Waals surface area contributed by atoms with Gasteiger partial charge in [-0.1, -0.05) is 27.7 Å². The van der Waals surface area contributed by atoms with Crippen molar-refractivity contribution in [3.63, 3.8) is 0 Å². The fourth-order valence-electron chi connectivity index (χ4n) is 3.78. The van der Waals surface area contributed by atoms with E-state index in [0.717, 1.165) is 6.20 Å². The van der Waals surface area contributed by atoms with Gasteiger partial charge < -0.3 is 10.1 Å². The van der Waals surface area contributed by atoms with Gasteiger partial charge in [-0.2, -0.15) is 18.2 Å². The summed E-state index contributed by atoms with van der Waals surface area (Å²) < 4.78 is 45.8. The van der Waals surface area contributed by atoms with Crippen molar-refractivity contribution in [1.82, 2.24) is 25.3 Å². The first-order valence-electron chi connectivity index (χ1n) is 14.1. The lowest BCUT2D eigenvalue weighted by Crippen LogP contribution is -2.41. The minimum absolute atomic E-state index is 0.0943. The van der Waals surface area contributed by atoms with Gasteiger partial charge in [-0.05, 0) is 43.5 Å². The molecule has 0 saturated heterocycles. The zero-order valence-corrected chi connectivity index (χ0v) is 25.3. The van der Waals surface area contributed by atoms with Gasteiger partial charge >= 0.3 is 18.1 Å². The van der Waals surface area contributed by atoms with Crippen molar-refractivity contribution in [2.75, 3.05) is 16.8 Å². The molecule has 3 aromatic rings. The van der Waals surface area contributed by atoms with Crippen LogP contribution in [0.25, 0.3) is 11.2 Å². The molecule has 0 spiro atoms. The Kier molecular flexibility index (Phi) is 11.3. The van der Waals surface area contributed by atoms with Crippen molar-refractivity contribution in [2.45, 2.75) is 66.2 Å². The minimum atomic E-state index is -5.26. The number of aromatic nitrogens is 4. The highest BCUT2D eigenvalue weighted by atomic mass is 19.4. The zero-order chi connectivity index (χ0) is 33.5. The van der Waals surface area contributed by atoms with Crippen LogP contribution in [-0.4, -0.2) is 62.5 Å². The van der Waals surface area contributed by atoms with Gasteiger partial charge in [0.1, 0.15) is 0 Å². The predicted molar refractivity (Wildman–Crippen MR) is 157 cm³/mol. The number of hydrogen-bond donors (Lipinski definition) is 3. The van der Waals surface area contributed by atoms with Crippen LogP contribution in [-0.2, 0) is 25.7 Å². The first kappa shape index (κ1) is 34.6. The molecule has 2 heterocycles. The van der Waals surface area contributed by atoms with Crippen molar-refractivity contribution in [3.8, 4) is 0 Å². The van der Waals surface area contributed by atoms with E-state index in [2.05, 4.69) is 30.6 Å². The number of ether oxygens (including phenoxy) is 1. The number of aromatic amines is 1. The second-order valence-corrected chi connectivity index (χ2v) is 11.0. The molecule has 3 rings (SSSR count). The predicted octanol–water partition coefficient (Wildman–Crippen LogP) is 3.50. The molecule has 0 fully saturated rings. The Morgan fingerprint density at radius 1 is 1.02 bits per heavy atom. The Hall–Kier alpha value is -4.89. The Morgan fingerprint density at radius 3 is 2.29 bits per heavy atom. The Bertz CT molecular complexity index is 1610. The fraction of sp³-hybridized carbons (Fsp3) is 0.448. The summed E-state index contributed by atoms with van der Waals surface area (Å²) in [6.45, 7) is 8.35. The smallest absolute Gasteiger partial charge is 0.465 e. The summed E-state index contributed by atoms with van der Waals surface area (Å²) >= 11 is 0. The van der Waals surface area contributed by atoms with Crippen molar-refractivity contribution < 1.29 is 37.1 Å². The van der Waals surface area contributed by atoms with Crippen LogP contribution in [0, 0.1) is 11.8 Å². The number of carbonyl (C=O) groups excluding carboxylic acids is 4. The van der Waals surface area contributed by atoms with Crippen LogP contribution in [0.2, 0.25) is 0 Å². The second-order valence-electron chi connectivity index (χ2n) is 11.0. The first-order chi connectivity index (χ1) is 21.0. The summed E-state index contributed by atoms with van der Waals surface area (Å²) in [5.74, 6) is -3.93. The van der Waals surface area contributed by atoms with Gasteiger partial charge in [0, 0.05) is 29.6 Å². The molecule has 0 aliphatic heterocycles. The number of hydrogen-bond acceptors (Lipinski definition) is 9. The van der Waals surface area contributed by atoms with E-state index in [4.69, 9.17) is 4.74 Å². The minimum Gasteiger partial charge on any atom is -0.465 e. The molecule has 1 aromatic carbocycles. The van der Waals surface area contributed by atoms with Gasteiger partial charge in [-0.3, -0.25) is 39.2 Å². The highest BCUT2D eigenvalue weighted by molar-refractivity contribution is 5.99. The molecular formula is C29H34F3N7O6. The molecule has 16 heteroatoms. The standard InChI is InChI=1S/C29H34F3N7O6/c1-15(2)14-45-21(40)11-6-17(5)34-25(42)18-7-9-20(10-8-18)39(27(44)29(30,31)32)13-19-12-33-23-22(35-19)26(43)38-28(36-23)37-24(41)16(3)4/h7-10,12,15-17H,6,11,13-14H2,1-5H3,(H,34,42)(H2,33,36,37,38,41,43)/t17-/m1/s1. The quantitative estimate of drug-likeness (QED) is 0.252. The van der Waals surface area contributed by atoms with Crippen LogP contribution in [0.5, 0.6) is 0 Å². The Labute approximate surface area is 256 Å². The number of halogens is 3. The monoisotopic (exact) mass is 633 g/mol. The number of nitrogens with one attached hydrogen (secondary N) is 3. The van der Waals surface area contributed by atoms with Gasteiger partial charge in [0.15, 0.2) is 11.2 Å². The summed E-state index contributed by atoms with van der Waals surface area (Å²) in [6.07, 6.45) is -3.79. The number of amides is 3. The largest absolute Gasteiger partial charge is 0.471 e. The van der Waals surface area contributed by atoms with E-state index >= 15 is 0 Å². The molecule has 0 unspecified atom stereocenters. The van der Waals surface area contributed by atoms with Gasteiger partial charge in [-0.25, -0.2) is 9.97 Å². The normalized spacial score (nSPS) is 12.2. The van der Waals surface area contributed by atoms with E-state index in [1.165, 1.54) is 24.3 Å². The van der Waals surface area contributed by atoms with E-state index in [1.54, 1.807) is 20.8 Å². The van der Waals surface area contributed by atoms with Gasteiger partial charge in [0.25, 0.3) is 11.5 Å². The van der Waals surface area contributed by atoms with Crippen LogP contribution >= 0.6 is 0 Å². The molecule has 242 valence electrons. The third-order valence-electron chi connectivity index (χ3n) is 6.22. The summed E-state index contributed by atoms with van der Waals surface area (Å²) in [5.41, 5.74) is -1.55. The molecule has 0 bridgehead atoms. The fourth-order valence-corrected chi connectivity index (χ4v) is 3.78. The number of alkyl halides is 3. The second kappa shape index (κ2) is 14.7. The summed E-state index contributed by atoms with van der Waals surface area (Å²) in [5, 5.41) is 5.12. The van der Waals surface area contributed by atoms with E-state index < -0.39 is 48.0 Å². The van der Waals surface area contributed by atoms with Gasteiger partial charge in [0.05, 0.1) is 25.0 Å². The maximum Gasteiger partial charge on any atom is 0.471 e. The summed E-state index contributed by atoms with van der Waals surface area (Å²) in [6, 6.07) is 4.42. The number of fused-ring (bicyclic) bond motifs is 1. The molecule has 45 heavy (non-hydrogen) atoms. The molecule has 0 radical (unpaired) electrons. The topological polar surface area (TPSA) is 176 Å². The van der Waals surface area contributed by atoms with E-state index in [9.17, 15) is 37.1 Å². The van der Waals surface area contributed by atoms with Crippen molar-refractivity contribution in [2.24, 2.45) is 11.8 Å². The lowest BCUT2D eigenvalue weighted by Gasteiger charge is -2.24. The molecule has 3 amide bonds.